The number of carboxylic acid groups (broad SMARTS) is 1. The monoisotopic (exact) mass is 400 g/mol. The lowest BCUT2D eigenvalue weighted by atomic mass is 10.1. The zero-order valence-corrected chi connectivity index (χ0v) is 16.3. The largest absolute Gasteiger partial charge is 0.478 e. The first-order valence-electron chi connectivity index (χ1n) is 9.78. The van der Waals surface area contributed by atoms with Gasteiger partial charge in [0.05, 0.1) is 30.2 Å². The lowest BCUT2D eigenvalue weighted by Crippen LogP contribution is -2.47. The van der Waals surface area contributed by atoms with Crippen LogP contribution in [-0.4, -0.2) is 78.7 Å². The van der Waals surface area contributed by atoms with E-state index in [9.17, 15) is 9.90 Å². The van der Waals surface area contributed by atoms with E-state index in [0.29, 0.717) is 18.8 Å². The van der Waals surface area contributed by atoms with E-state index >= 15 is 0 Å². The van der Waals surface area contributed by atoms with Gasteiger partial charge in [-0.15, -0.1) is 0 Å². The molecule has 0 saturated carbocycles. The molecule has 2 aromatic rings. The number of rotatable bonds is 9. The molecular formula is C21H28N4O4. The maximum atomic E-state index is 11.3. The average Bonchev–Trinajstić information content (AvgIpc) is 2.74. The fraction of sp³-hybridized carbons (Fsp3) is 0.381. The topological polar surface area (TPSA) is 108 Å². The molecule has 8 nitrogen and oxygen atoms in total. The predicted molar refractivity (Wildman–Crippen MR) is 114 cm³/mol. The van der Waals surface area contributed by atoms with E-state index in [1.165, 1.54) is 0 Å². The number of nitrogens with zero attached hydrogens (tertiary/aromatic N) is 2. The van der Waals surface area contributed by atoms with Gasteiger partial charge >= 0.3 is 5.97 Å². The highest BCUT2D eigenvalue weighted by Gasteiger charge is 2.17. The van der Waals surface area contributed by atoms with E-state index in [2.05, 4.69) is 32.6 Å². The summed E-state index contributed by atoms with van der Waals surface area (Å²) in [5, 5.41) is 33.8. The maximum Gasteiger partial charge on any atom is 0.335 e. The summed E-state index contributed by atoms with van der Waals surface area (Å²) < 4.78 is 0. The Hall–Kier alpha value is -2.81. The van der Waals surface area contributed by atoms with E-state index in [4.69, 9.17) is 10.2 Å². The Labute approximate surface area is 170 Å². The number of hydrogen-bond acceptors (Lipinski definition) is 7. The van der Waals surface area contributed by atoms with Gasteiger partial charge in [0.15, 0.2) is 0 Å². The Kier molecular flexibility index (Phi) is 7.29. The van der Waals surface area contributed by atoms with Crippen molar-refractivity contribution >= 4 is 28.7 Å². The highest BCUT2D eigenvalue weighted by molar-refractivity contribution is 5.91. The molecule has 156 valence electrons. The minimum Gasteiger partial charge on any atom is -0.478 e. The quantitative estimate of drug-likeness (QED) is 0.432. The summed E-state index contributed by atoms with van der Waals surface area (Å²) in [6.07, 6.45) is 0. The molecule has 8 heteroatoms. The van der Waals surface area contributed by atoms with Crippen LogP contribution in [-0.2, 0) is 0 Å². The van der Waals surface area contributed by atoms with Crippen molar-refractivity contribution in [1.29, 1.82) is 0 Å². The van der Waals surface area contributed by atoms with Crippen molar-refractivity contribution in [3.63, 3.8) is 0 Å². The zero-order chi connectivity index (χ0) is 20.6. The third kappa shape index (κ3) is 5.60. The number of benzene rings is 2. The van der Waals surface area contributed by atoms with E-state index in [-0.39, 0.29) is 18.8 Å². The Morgan fingerprint density at radius 3 is 2.45 bits per heavy atom. The van der Waals surface area contributed by atoms with Gasteiger partial charge in [0.2, 0.25) is 0 Å². The fourth-order valence-corrected chi connectivity index (χ4v) is 3.43. The summed E-state index contributed by atoms with van der Waals surface area (Å²) in [6.45, 7) is 4.83. The number of aromatic carboxylic acids is 1. The summed E-state index contributed by atoms with van der Waals surface area (Å²) in [7, 11) is 0. The molecule has 1 heterocycles. The van der Waals surface area contributed by atoms with Crippen LogP contribution in [0, 0.1) is 0 Å². The van der Waals surface area contributed by atoms with Gasteiger partial charge in [-0.3, -0.25) is 4.90 Å². The minimum atomic E-state index is -0.995. The Morgan fingerprint density at radius 1 is 0.966 bits per heavy atom. The number of nitrogens with one attached hydrogen (secondary N) is 2. The highest BCUT2D eigenvalue weighted by Crippen LogP contribution is 2.29. The molecule has 0 aliphatic carbocycles. The van der Waals surface area contributed by atoms with Gasteiger partial charge in [0, 0.05) is 50.6 Å². The van der Waals surface area contributed by atoms with Crippen molar-refractivity contribution in [3.8, 4) is 0 Å². The molecule has 29 heavy (non-hydrogen) atoms. The molecular weight excluding hydrogens is 372 g/mol. The van der Waals surface area contributed by atoms with Crippen LogP contribution in [0.2, 0.25) is 0 Å². The number of hydrogen-bond donors (Lipinski definition) is 5. The molecule has 1 aliphatic heterocycles. The van der Waals surface area contributed by atoms with E-state index in [1.54, 1.807) is 18.2 Å². The summed E-state index contributed by atoms with van der Waals surface area (Å²) >= 11 is 0. The molecule has 0 radical (unpaired) electrons. The third-order valence-electron chi connectivity index (χ3n) is 4.97. The Bertz CT molecular complexity index is 822. The van der Waals surface area contributed by atoms with Crippen LogP contribution in [0.4, 0.5) is 22.7 Å². The van der Waals surface area contributed by atoms with Crippen molar-refractivity contribution in [1.82, 2.24) is 4.90 Å². The van der Waals surface area contributed by atoms with Gasteiger partial charge in [0.25, 0.3) is 0 Å². The van der Waals surface area contributed by atoms with Gasteiger partial charge in [-0.1, -0.05) is 6.07 Å². The lowest BCUT2D eigenvalue weighted by molar-refractivity contribution is 0.0697. The molecule has 0 atom stereocenters. The Balaban J connectivity index is 1.74. The van der Waals surface area contributed by atoms with Gasteiger partial charge in [0.1, 0.15) is 0 Å². The van der Waals surface area contributed by atoms with E-state index < -0.39 is 5.97 Å². The first kappa shape index (κ1) is 20.9. The van der Waals surface area contributed by atoms with Crippen LogP contribution >= 0.6 is 0 Å². The summed E-state index contributed by atoms with van der Waals surface area (Å²) in [4.78, 5) is 15.8. The molecule has 2 aromatic carbocycles. The number of anilines is 4. The molecule has 0 amide bonds. The van der Waals surface area contributed by atoms with Gasteiger partial charge in [-0.25, -0.2) is 4.79 Å². The smallest absolute Gasteiger partial charge is 0.335 e. The molecule has 1 fully saturated rings. The van der Waals surface area contributed by atoms with E-state index in [1.807, 2.05) is 12.1 Å². The van der Waals surface area contributed by atoms with Crippen molar-refractivity contribution < 1.29 is 20.1 Å². The van der Waals surface area contributed by atoms with Crippen LogP contribution in [0.5, 0.6) is 0 Å². The van der Waals surface area contributed by atoms with Crippen molar-refractivity contribution in [2.45, 2.75) is 0 Å². The van der Waals surface area contributed by atoms with Crippen LogP contribution in [0.1, 0.15) is 10.4 Å². The Morgan fingerprint density at radius 2 is 1.76 bits per heavy atom. The summed E-state index contributed by atoms with van der Waals surface area (Å²) in [5.41, 5.74) is 3.57. The lowest BCUT2D eigenvalue weighted by Gasteiger charge is -2.36. The molecule has 3 rings (SSSR count). The summed E-state index contributed by atoms with van der Waals surface area (Å²) in [6, 6.07) is 12.9. The minimum absolute atomic E-state index is 0.0471. The predicted octanol–water partition coefficient (Wildman–Crippen LogP) is 1.65. The SMILES string of the molecule is O=C(O)c1ccc(Nc2cccc(N3CCN(CCO)CC3)c2)c(NCCO)c1. The second-order valence-electron chi connectivity index (χ2n) is 6.94. The van der Waals surface area contributed by atoms with Gasteiger partial charge in [-0.05, 0) is 36.4 Å². The zero-order valence-electron chi connectivity index (χ0n) is 16.3. The first-order valence-corrected chi connectivity index (χ1v) is 9.78. The number of aliphatic hydroxyl groups is 2. The van der Waals surface area contributed by atoms with Crippen molar-refractivity contribution in [3.05, 3.63) is 48.0 Å². The summed E-state index contributed by atoms with van der Waals surface area (Å²) in [5.74, 6) is -0.995. The molecule has 1 saturated heterocycles. The van der Waals surface area contributed by atoms with Crippen molar-refractivity contribution in [2.24, 2.45) is 0 Å². The number of β-amino-alcohol motifs (C(OH)–C–C–N with tert-alkyl or cyclic N) is 1. The van der Waals surface area contributed by atoms with Crippen molar-refractivity contribution in [2.75, 3.05) is 68.0 Å². The second kappa shape index (κ2) is 10.1. The molecule has 0 bridgehead atoms. The van der Waals surface area contributed by atoms with Crippen LogP contribution in [0.25, 0.3) is 0 Å². The van der Waals surface area contributed by atoms with E-state index in [0.717, 1.165) is 43.2 Å². The van der Waals surface area contributed by atoms with Crippen LogP contribution < -0.4 is 15.5 Å². The molecule has 1 aliphatic rings. The molecule has 5 N–H and O–H groups in total. The maximum absolute atomic E-state index is 11.3. The van der Waals surface area contributed by atoms with Gasteiger partial charge in [-0.2, -0.15) is 0 Å². The molecule has 0 aromatic heterocycles. The third-order valence-corrected chi connectivity index (χ3v) is 4.97. The standard InChI is InChI=1S/C21H28N4O4/c26-12-6-22-20-14-16(21(28)29)4-5-19(20)23-17-2-1-3-18(15-17)25-9-7-24(8-10-25)11-13-27/h1-5,14-15,22-23,26-27H,6-13H2,(H,28,29). The molecule has 0 spiro atoms. The normalized spacial score (nSPS) is 14.6. The first-order chi connectivity index (χ1) is 14.1. The van der Waals surface area contributed by atoms with Crippen LogP contribution in [0.15, 0.2) is 42.5 Å². The fourth-order valence-electron chi connectivity index (χ4n) is 3.43. The highest BCUT2D eigenvalue weighted by atomic mass is 16.4. The number of carbonyl (C=O) groups is 1. The second-order valence-corrected chi connectivity index (χ2v) is 6.94. The number of carboxylic acids is 1. The molecule has 0 unspecified atom stereocenters. The number of aliphatic hydroxyl groups excluding tert-OH is 2. The number of piperazine rings is 1. The van der Waals surface area contributed by atoms with Crippen LogP contribution in [0.3, 0.4) is 0 Å². The average molecular weight is 400 g/mol. The van der Waals surface area contributed by atoms with Gasteiger partial charge < -0.3 is 30.9 Å².